The lowest BCUT2D eigenvalue weighted by Crippen LogP contribution is -2.40. The monoisotopic (exact) mass is 445 g/mol. The van der Waals surface area contributed by atoms with Crippen LogP contribution in [0, 0.1) is 20.8 Å². The first kappa shape index (κ1) is 21.1. The van der Waals surface area contributed by atoms with E-state index in [1.54, 1.807) is 0 Å². The first-order chi connectivity index (χ1) is 15.5. The van der Waals surface area contributed by atoms with E-state index in [9.17, 15) is 0 Å². The van der Waals surface area contributed by atoms with Gasteiger partial charge in [-0.05, 0) is 87.3 Å². The third-order valence-electron chi connectivity index (χ3n) is 7.02. The molecule has 5 rings (SSSR count). The molecule has 5 nitrogen and oxygen atoms in total. The number of aryl methyl sites for hydroxylation is 2. The number of aromatic nitrogens is 3. The average Bonchev–Trinajstić information content (AvgIpc) is 3.30. The van der Waals surface area contributed by atoms with Gasteiger partial charge in [-0.1, -0.05) is 25.3 Å². The quantitative estimate of drug-likeness (QED) is 0.538. The minimum Gasteiger partial charge on any atom is -0.352 e. The number of hydrogen-bond acceptors (Lipinski definition) is 3. The molecule has 1 N–H and O–H groups in total. The molecule has 1 aliphatic carbocycles. The Bertz CT molecular complexity index is 1120. The van der Waals surface area contributed by atoms with Crippen LogP contribution in [0.4, 0.5) is 0 Å². The number of nitrogens with one attached hydrogen (secondary N) is 1. The van der Waals surface area contributed by atoms with Gasteiger partial charge in [0.2, 0.25) is 0 Å². The molecule has 2 atom stereocenters. The van der Waals surface area contributed by atoms with E-state index in [0.717, 1.165) is 16.6 Å². The molecule has 0 spiro atoms. The van der Waals surface area contributed by atoms with Crippen molar-refractivity contribution in [3.63, 3.8) is 0 Å². The maximum absolute atomic E-state index is 5.94. The molecule has 1 saturated heterocycles. The van der Waals surface area contributed by atoms with Gasteiger partial charge in [-0.15, -0.1) is 0 Å². The molecular formula is C26H31N5S. The molecule has 1 saturated carbocycles. The van der Waals surface area contributed by atoms with E-state index in [4.69, 9.17) is 17.2 Å². The van der Waals surface area contributed by atoms with E-state index in [0.29, 0.717) is 6.04 Å². The van der Waals surface area contributed by atoms with E-state index in [1.807, 2.05) is 24.5 Å². The summed E-state index contributed by atoms with van der Waals surface area (Å²) < 4.78 is 2.28. The van der Waals surface area contributed by atoms with Crippen molar-refractivity contribution in [2.75, 3.05) is 0 Å². The van der Waals surface area contributed by atoms with E-state index in [2.05, 4.69) is 64.8 Å². The highest BCUT2D eigenvalue weighted by Gasteiger charge is 2.44. The second-order valence-electron chi connectivity index (χ2n) is 9.18. The fraction of sp³-hybridized carbons (Fsp3) is 0.423. The van der Waals surface area contributed by atoms with E-state index in [-0.39, 0.29) is 12.1 Å². The van der Waals surface area contributed by atoms with Crippen LogP contribution >= 0.6 is 12.2 Å². The van der Waals surface area contributed by atoms with Gasteiger partial charge >= 0.3 is 0 Å². The highest BCUT2D eigenvalue weighted by atomic mass is 32.1. The maximum Gasteiger partial charge on any atom is 0.170 e. The predicted octanol–water partition coefficient (Wildman–Crippen LogP) is 5.50. The van der Waals surface area contributed by atoms with Crippen molar-refractivity contribution in [2.24, 2.45) is 0 Å². The van der Waals surface area contributed by atoms with Crippen molar-refractivity contribution in [3.8, 4) is 5.82 Å². The fourth-order valence-electron chi connectivity index (χ4n) is 5.53. The second kappa shape index (κ2) is 8.66. The summed E-state index contributed by atoms with van der Waals surface area (Å²) in [4.78, 5) is 11.9. The molecule has 0 unspecified atom stereocenters. The molecule has 4 heterocycles. The van der Waals surface area contributed by atoms with Crippen molar-refractivity contribution in [1.29, 1.82) is 0 Å². The molecular weight excluding hydrogens is 414 g/mol. The zero-order chi connectivity index (χ0) is 22.2. The Morgan fingerprint density at radius 3 is 2.50 bits per heavy atom. The van der Waals surface area contributed by atoms with Gasteiger partial charge in [0.1, 0.15) is 5.82 Å². The highest BCUT2D eigenvalue weighted by Crippen LogP contribution is 2.44. The molecule has 3 aromatic heterocycles. The molecule has 0 aromatic carbocycles. The van der Waals surface area contributed by atoms with Crippen LogP contribution in [0.2, 0.25) is 0 Å². The van der Waals surface area contributed by atoms with E-state index >= 15 is 0 Å². The minimum atomic E-state index is 0.0324. The van der Waals surface area contributed by atoms with Crippen molar-refractivity contribution in [1.82, 2.24) is 24.8 Å². The van der Waals surface area contributed by atoms with Crippen LogP contribution in [0.5, 0.6) is 0 Å². The summed E-state index contributed by atoms with van der Waals surface area (Å²) in [5.74, 6) is 0.971. The summed E-state index contributed by atoms with van der Waals surface area (Å²) in [5, 5.41) is 4.50. The number of pyridine rings is 2. The number of thiocarbonyl (C=S) groups is 1. The summed E-state index contributed by atoms with van der Waals surface area (Å²) in [6, 6.07) is 13.3. The molecule has 166 valence electrons. The normalized spacial score (nSPS) is 21.7. The van der Waals surface area contributed by atoms with Crippen LogP contribution in [-0.2, 0) is 0 Å². The molecule has 0 bridgehead atoms. The van der Waals surface area contributed by atoms with Gasteiger partial charge in [-0.2, -0.15) is 0 Å². The summed E-state index contributed by atoms with van der Waals surface area (Å²) in [5.41, 5.74) is 5.97. The Morgan fingerprint density at radius 1 is 0.969 bits per heavy atom. The Kier molecular flexibility index (Phi) is 5.72. The highest BCUT2D eigenvalue weighted by molar-refractivity contribution is 7.80. The molecule has 0 amide bonds. The maximum atomic E-state index is 5.94. The SMILES string of the molecule is Cc1ccnc(-n2c(C)cc([C@H]3[C@@H](c4ccccn4)NC(=S)N3C3CCCCC3)c2C)c1. The second-order valence-corrected chi connectivity index (χ2v) is 9.57. The van der Waals surface area contributed by atoms with Crippen molar-refractivity contribution in [3.05, 3.63) is 77.0 Å². The molecule has 3 aromatic rings. The van der Waals surface area contributed by atoms with Gasteiger partial charge < -0.3 is 14.8 Å². The molecule has 2 aliphatic rings. The average molecular weight is 446 g/mol. The lowest BCUT2D eigenvalue weighted by atomic mass is 9.90. The predicted molar refractivity (Wildman–Crippen MR) is 132 cm³/mol. The third kappa shape index (κ3) is 3.71. The topological polar surface area (TPSA) is 46.0 Å². The molecule has 2 fully saturated rings. The Morgan fingerprint density at radius 2 is 1.78 bits per heavy atom. The van der Waals surface area contributed by atoms with Crippen LogP contribution in [0.15, 0.2) is 48.8 Å². The van der Waals surface area contributed by atoms with Crippen molar-refractivity contribution < 1.29 is 0 Å². The van der Waals surface area contributed by atoms with Gasteiger partial charge in [0.05, 0.1) is 17.8 Å². The van der Waals surface area contributed by atoms with Gasteiger partial charge in [0, 0.05) is 29.8 Å². The van der Waals surface area contributed by atoms with Crippen LogP contribution in [0.25, 0.3) is 5.82 Å². The lowest BCUT2D eigenvalue weighted by Gasteiger charge is -2.37. The van der Waals surface area contributed by atoms with Crippen molar-refractivity contribution >= 4 is 17.3 Å². The standard InChI is InChI=1S/C26H31N5S/c1-17-12-14-28-23(15-17)30-18(2)16-21(19(30)3)25-24(22-11-7-8-13-27-22)29-26(32)31(25)20-9-5-4-6-10-20/h7-8,11-16,20,24-25H,4-6,9-10H2,1-3H3,(H,29,32)/t24-,25+/m1/s1. The number of rotatable bonds is 4. The van der Waals surface area contributed by atoms with Crippen LogP contribution in [0.1, 0.15) is 72.4 Å². The molecule has 6 heteroatoms. The first-order valence-corrected chi connectivity index (χ1v) is 12.1. The summed E-state index contributed by atoms with van der Waals surface area (Å²) in [7, 11) is 0. The van der Waals surface area contributed by atoms with Crippen LogP contribution < -0.4 is 5.32 Å². The van der Waals surface area contributed by atoms with Gasteiger partial charge in [0.25, 0.3) is 0 Å². The molecule has 1 aliphatic heterocycles. The van der Waals surface area contributed by atoms with Crippen LogP contribution in [0.3, 0.4) is 0 Å². The van der Waals surface area contributed by atoms with E-state index in [1.165, 1.54) is 54.6 Å². The Balaban J connectivity index is 1.63. The first-order valence-electron chi connectivity index (χ1n) is 11.7. The fourth-order valence-corrected chi connectivity index (χ4v) is 5.92. The minimum absolute atomic E-state index is 0.0324. The molecule has 32 heavy (non-hydrogen) atoms. The molecule has 0 radical (unpaired) electrons. The zero-order valence-electron chi connectivity index (χ0n) is 19.1. The Hall–Kier alpha value is -2.73. The summed E-state index contributed by atoms with van der Waals surface area (Å²) in [6.45, 7) is 6.49. The van der Waals surface area contributed by atoms with Crippen molar-refractivity contribution in [2.45, 2.75) is 71.0 Å². The van der Waals surface area contributed by atoms with E-state index < -0.39 is 0 Å². The number of nitrogens with zero attached hydrogens (tertiary/aromatic N) is 4. The van der Waals surface area contributed by atoms with Gasteiger partial charge in [0.15, 0.2) is 5.11 Å². The third-order valence-corrected chi connectivity index (χ3v) is 7.35. The Labute approximate surface area is 195 Å². The van der Waals surface area contributed by atoms with Gasteiger partial charge in [-0.25, -0.2) is 4.98 Å². The van der Waals surface area contributed by atoms with Crippen LogP contribution in [-0.4, -0.2) is 30.6 Å². The lowest BCUT2D eigenvalue weighted by molar-refractivity contribution is 0.197. The smallest absolute Gasteiger partial charge is 0.170 e. The summed E-state index contributed by atoms with van der Waals surface area (Å²) >= 11 is 5.94. The van der Waals surface area contributed by atoms with Gasteiger partial charge in [-0.3, -0.25) is 4.98 Å². The number of hydrogen-bond donors (Lipinski definition) is 1. The largest absolute Gasteiger partial charge is 0.352 e. The summed E-state index contributed by atoms with van der Waals surface area (Å²) in [6.07, 6.45) is 10.0. The zero-order valence-corrected chi connectivity index (χ0v) is 19.9.